The van der Waals surface area contributed by atoms with E-state index in [1.54, 1.807) is 30.3 Å². The predicted octanol–water partition coefficient (Wildman–Crippen LogP) is 2.07. The molecule has 2 aromatic carbocycles. The molecule has 3 rings (SSSR count). The molecule has 1 aliphatic rings. The van der Waals surface area contributed by atoms with E-state index in [1.165, 1.54) is 19.1 Å². The van der Waals surface area contributed by atoms with Gasteiger partial charge in [-0.15, -0.1) is 0 Å². The predicted molar refractivity (Wildman–Crippen MR) is 102 cm³/mol. The van der Waals surface area contributed by atoms with Gasteiger partial charge in [0.05, 0.1) is 11.9 Å². The minimum absolute atomic E-state index is 0.155. The van der Waals surface area contributed by atoms with Crippen LogP contribution < -0.4 is 19.1 Å². The fourth-order valence-electron chi connectivity index (χ4n) is 2.92. The van der Waals surface area contributed by atoms with Gasteiger partial charge >= 0.3 is 0 Å². The lowest BCUT2D eigenvalue weighted by atomic mass is 10.2. The van der Waals surface area contributed by atoms with Gasteiger partial charge in [0, 0.05) is 12.6 Å². The van der Waals surface area contributed by atoms with Crippen LogP contribution in [0.3, 0.4) is 0 Å². The topological polar surface area (TPSA) is 84.9 Å². The first-order chi connectivity index (χ1) is 13.3. The van der Waals surface area contributed by atoms with Crippen molar-refractivity contribution in [3.05, 3.63) is 53.8 Å². The van der Waals surface area contributed by atoms with Gasteiger partial charge in [-0.05, 0) is 36.8 Å². The molecule has 0 saturated heterocycles. The number of hydrogen-bond donors (Lipinski definition) is 1. The van der Waals surface area contributed by atoms with Crippen LogP contribution in [0.4, 0.5) is 10.1 Å². The number of rotatable bonds is 6. The van der Waals surface area contributed by atoms with Crippen molar-refractivity contribution in [2.45, 2.75) is 19.5 Å². The van der Waals surface area contributed by atoms with Crippen molar-refractivity contribution in [3.63, 3.8) is 0 Å². The molecule has 0 spiro atoms. The van der Waals surface area contributed by atoms with Crippen molar-refractivity contribution < 1.29 is 27.1 Å². The fourth-order valence-corrected chi connectivity index (χ4v) is 4.08. The molecule has 1 atom stereocenters. The number of benzene rings is 2. The van der Waals surface area contributed by atoms with Crippen LogP contribution in [0.1, 0.15) is 12.5 Å². The minimum atomic E-state index is -3.75. The maximum atomic E-state index is 13.0. The maximum Gasteiger partial charge on any atom is 0.243 e. The number of carbonyl (C=O) groups excluding carboxylic acids is 1. The number of hydrogen-bond acceptors (Lipinski definition) is 5. The largest absolute Gasteiger partial charge is 0.486 e. The van der Waals surface area contributed by atoms with Crippen molar-refractivity contribution >= 4 is 21.6 Å². The van der Waals surface area contributed by atoms with Crippen LogP contribution >= 0.6 is 0 Å². The van der Waals surface area contributed by atoms with E-state index in [-0.39, 0.29) is 12.4 Å². The molecule has 9 heteroatoms. The van der Waals surface area contributed by atoms with Crippen LogP contribution in [-0.4, -0.2) is 39.8 Å². The second kappa shape index (κ2) is 8.05. The van der Waals surface area contributed by atoms with Gasteiger partial charge in [-0.3, -0.25) is 9.10 Å². The van der Waals surface area contributed by atoms with Crippen LogP contribution in [-0.2, 0) is 21.4 Å². The molecule has 2 aromatic rings. The van der Waals surface area contributed by atoms with Gasteiger partial charge in [0.2, 0.25) is 15.9 Å². The highest BCUT2D eigenvalue weighted by Crippen LogP contribution is 2.35. The van der Waals surface area contributed by atoms with Gasteiger partial charge in [-0.1, -0.05) is 12.1 Å². The number of fused-ring (bicyclic) bond motifs is 1. The summed E-state index contributed by atoms with van der Waals surface area (Å²) in [7, 11) is -3.75. The Hall–Kier alpha value is -2.81. The summed E-state index contributed by atoms with van der Waals surface area (Å²) in [6.45, 7) is 2.44. The van der Waals surface area contributed by atoms with Crippen LogP contribution in [0.25, 0.3) is 0 Å². The zero-order valence-corrected chi connectivity index (χ0v) is 16.3. The molecule has 0 fully saturated rings. The molecule has 0 bridgehead atoms. The van der Waals surface area contributed by atoms with E-state index < -0.39 is 22.0 Å². The molecule has 0 aromatic heterocycles. The Morgan fingerprint density at radius 3 is 2.43 bits per heavy atom. The second-order valence-corrected chi connectivity index (χ2v) is 8.27. The smallest absolute Gasteiger partial charge is 0.243 e. The summed E-state index contributed by atoms with van der Waals surface area (Å²) < 4.78 is 49.7. The highest BCUT2D eigenvalue weighted by Gasteiger charge is 2.30. The summed E-state index contributed by atoms with van der Waals surface area (Å²) >= 11 is 0. The summed E-state index contributed by atoms with van der Waals surface area (Å²) in [6, 6.07) is 9.41. The number of carbonyl (C=O) groups is 1. The van der Waals surface area contributed by atoms with Crippen LogP contribution in [0, 0.1) is 5.82 Å². The molecule has 1 N–H and O–H groups in total. The van der Waals surface area contributed by atoms with Crippen LogP contribution in [0.5, 0.6) is 11.5 Å². The third-order valence-electron chi connectivity index (χ3n) is 4.25. The van der Waals surface area contributed by atoms with E-state index in [4.69, 9.17) is 9.47 Å². The molecule has 0 radical (unpaired) electrons. The average Bonchev–Trinajstić information content (AvgIpc) is 2.66. The quantitative estimate of drug-likeness (QED) is 0.791. The maximum absolute atomic E-state index is 13.0. The SMILES string of the molecule is CC(C(=O)NCc1ccc(F)cc1)N(c1ccc2c(c1)OCCO2)S(C)(=O)=O. The summed E-state index contributed by atoms with van der Waals surface area (Å²) in [6.07, 6.45) is 1.04. The zero-order chi connectivity index (χ0) is 20.3. The minimum Gasteiger partial charge on any atom is -0.486 e. The van der Waals surface area contributed by atoms with E-state index in [1.807, 2.05) is 0 Å². The number of nitrogens with one attached hydrogen (secondary N) is 1. The Morgan fingerprint density at radius 2 is 1.79 bits per heavy atom. The molecule has 28 heavy (non-hydrogen) atoms. The lowest BCUT2D eigenvalue weighted by Crippen LogP contribution is -2.47. The molecular formula is C19H21FN2O5S. The second-order valence-electron chi connectivity index (χ2n) is 6.41. The number of sulfonamides is 1. The van der Waals surface area contributed by atoms with E-state index >= 15 is 0 Å². The summed E-state index contributed by atoms with van der Waals surface area (Å²) in [5, 5.41) is 2.68. The van der Waals surface area contributed by atoms with E-state index in [0.29, 0.717) is 36.0 Å². The Bertz CT molecular complexity index is 963. The first kappa shape index (κ1) is 19.9. The van der Waals surface area contributed by atoms with Gasteiger partial charge in [0.15, 0.2) is 11.5 Å². The van der Waals surface area contributed by atoms with Crippen molar-refractivity contribution in [2.75, 3.05) is 23.8 Å². The van der Waals surface area contributed by atoms with E-state index in [9.17, 15) is 17.6 Å². The molecule has 1 unspecified atom stereocenters. The van der Waals surface area contributed by atoms with E-state index in [0.717, 1.165) is 10.6 Å². The lowest BCUT2D eigenvalue weighted by Gasteiger charge is -2.29. The third-order valence-corrected chi connectivity index (χ3v) is 5.49. The number of nitrogens with zero attached hydrogens (tertiary/aromatic N) is 1. The van der Waals surface area contributed by atoms with Crippen molar-refractivity contribution in [2.24, 2.45) is 0 Å². The molecule has 1 amide bonds. The zero-order valence-electron chi connectivity index (χ0n) is 15.5. The van der Waals surface area contributed by atoms with Gasteiger partial charge < -0.3 is 14.8 Å². The summed E-state index contributed by atoms with van der Waals surface area (Å²) in [5.41, 5.74) is 1.00. The molecular weight excluding hydrogens is 387 g/mol. The van der Waals surface area contributed by atoms with Gasteiger partial charge in [-0.2, -0.15) is 0 Å². The van der Waals surface area contributed by atoms with Gasteiger partial charge in [0.1, 0.15) is 25.1 Å². The number of anilines is 1. The normalized spacial score (nSPS) is 14.2. The molecule has 7 nitrogen and oxygen atoms in total. The third kappa shape index (κ3) is 4.53. The molecule has 0 aliphatic carbocycles. The van der Waals surface area contributed by atoms with Gasteiger partial charge in [-0.25, -0.2) is 12.8 Å². The standard InChI is InChI=1S/C19H21FN2O5S/c1-13(19(23)21-12-14-3-5-15(20)6-4-14)22(28(2,24)25)16-7-8-17-18(11-16)27-10-9-26-17/h3-8,11,13H,9-10,12H2,1-2H3,(H,21,23). The lowest BCUT2D eigenvalue weighted by molar-refractivity contribution is -0.122. The Kier molecular flexibility index (Phi) is 5.73. The van der Waals surface area contributed by atoms with Crippen LogP contribution in [0.2, 0.25) is 0 Å². The highest BCUT2D eigenvalue weighted by molar-refractivity contribution is 7.92. The molecule has 150 valence electrons. The summed E-state index contributed by atoms with van der Waals surface area (Å²) in [5.74, 6) is 0.100. The number of ether oxygens (including phenoxy) is 2. The first-order valence-corrected chi connectivity index (χ1v) is 10.5. The molecule has 1 aliphatic heterocycles. The molecule has 1 heterocycles. The van der Waals surface area contributed by atoms with E-state index in [2.05, 4.69) is 5.32 Å². The Labute approximate surface area is 163 Å². The number of halogens is 1. The summed E-state index contributed by atoms with van der Waals surface area (Å²) in [4.78, 5) is 12.6. The number of amides is 1. The van der Waals surface area contributed by atoms with Gasteiger partial charge in [0.25, 0.3) is 0 Å². The fraction of sp³-hybridized carbons (Fsp3) is 0.316. The Balaban J connectivity index is 1.79. The van der Waals surface area contributed by atoms with Crippen molar-refractivity contribution in [1.82, 2.24) is 5.32 Å². The highest BCUT2D eigenvalue weighted by atomic mass is 32.2. The molecule has 0 saturated carbocycles. The Morgan fingerprint density at radius 1 is 1.14 bits per heavy atom. The van der Waals surface area contributed by atoms with Crippen molar-refractivity contribution in [1.29, 1.82) is 0 Å². The first-order valence-electron chi connectivity index (χ1n) is 8.67. The average molecular weight is 408 g/mol. The van der Waals surface area contributed by atoms with Crippen molar-refractivity contribution in [3.8, 4) is 11.5 Å². The van der Waals surface area contributed by atoms with Crippen LogP contribution in [0.15, 0.2) is 42.5 Å². The monoisotopic (exact) mass is 408 g/mol.